The molecule has 1 atom stereocenters. The molecule has 0 radical (unpaired) electrons. The van der Waals surface area contributed by atoms with Gasteiger partial charge in [-0.05, 0) is 48.6 Å². The van der Waals surface area contributed by atoms with Gasteiger partial charge in [0, 0.05) is 11.4 Å². The van der Waals surface area contributed by atoms with E-state index in [4.69, 9.17) is 5.11 Å². The molecule has 2 amide bonds. The lowest BCUT2D eigenvalue weighted by Crippen LogP contribution is -2.30. The van der Waals surface area contributed by atoms with Crippen LogP contribution in [0.5, 0.6) is 0 Å². The summed E-state index contributed by atoms with van der Waals surface area (Å²) in [4.78, 5) is 37.8. The number of carboxylic acids is 1. The van der Waals surface area contributed by atoms with Crippen molar-refractivity contribution in [3.8, 4) is 0 Å². The fourth-order valence-corrected chi connectivity index (χ4v) is 6.12. The van der Waals surface area contributed by atoms with Crippen LogP contribution in [0.1, 0.15) is 65.5 Å². The van der Waals surface area contributed by atoms with Gasteiger partial charge in [-0.15, -0.1) is 23.1 Å². The van der Waals surface area contributed by atoms with Gasteiger partial charge in [-0.3, -0.25) is 14.4 Å². The minimum atomic E-state index is -0.954. The molecule has 0 saturated carbocycles. The van der Waals surface area contributed by atoms with E-state index >= 15 is 0 Å². The fourth-order valence-electron chi connectivity index (χ4n) is 4.24. The van der Waals surface area contributed by atoms with Crippen LogP contribution < -0.4 is 10.6 Å². The molecule has 8 heteroatoms. The minimum Gasteiger partial charge on any atom is -0.481 e. The summed E-state index contributed by atoms with van der Waals surface area (Å²) in [5.41, 5.74) is 4.01. The van der Waals surface area contributed by atoms with Crippen molar-refractivity contribution in [3.05, 3.63) is 51.4 Å². The molecule has 1 heterocycles. The predicted octanol–water partition coefficient (Wildman–Crippen LogP) is 5.28. The quantitative estimate of drug-likeness (QED) is 0.411. The van der Waals surface area contributed by atoms with E-state index in [0.29, 0.717) is 23.0 Å². The molecule has 184 valence electrons. The Hall–Kier alpha value is -2.32. The van der Waals surface area contributed by atoms with E-state index in [-0.39, 0.29) is 28.7 Å². The summed E-state index contributed by atoms with van der Waals surface area (Å²) in [5.74, 6) is -0.994. The average molecular weight is 503 g/mol. The third kappa shape index (κ3) is 6.63. The van der Waals surface area contributed by atoms with E-state index in [2.05, 4.69) is 31.4 Å². The number of thioether (sulfide) groups is 1. The summed E-state index contributed by atoms with van der Waals surface area (Å²) >= 11 is 2.54. The summed E-state index contributed by atoms with van der Waals surface area (Å²) in [6, 6.07) is 8.03. The molecule has 0 bridgehead atoms. The summed E-state index contributed by atoms with van der Waals surface area (Å²) in [5, 5.41) is 15.3. The standard InChI is InChI=1S/C26H34N2O4S2/c1-5-26(3,4)18-10-11-19-20(12-18)34-25(28-21(29)14-33-15-22(30)31)23(19)24(32)27-13-17-8-6-16(2)7-9-17/h6-9,18H,5,10-15H2,1-4H3,(H,27,32)(H,28,29)(H,30,31)/t18-/m0/s1. The van der Waals surface area contributed by atoms with Gasteiger partial charge in [0.2, 0.25) is 5.91 Å². The second kappa shape index (κ2) is 11.4. The molecule has 1 aliphatic carbocycles. The number of hydrogen-bond acceptors (Lipinski definition) is 5. The van der Waals surface area contributed by atoms with Gasteiger partial charge in [0.15, 0.2) is 0 Å². The Morgan fingerprint density at radius 3 is 2.53 bits per heavy atom. The Balaban J connectivity index is 1.81. The molecule has 3 N–H and O–H groups in total. The van der Waals surface area contributed by atoms with Gasteiger partial charge in [0.25, 0.3) is 5.91 Å². The summed E-state index contributed by atoms with van der Waals surface area (Å²) in [7, 11) is 0. The molecule has 1 aromatic heterocycles. The van der Waals surface area contributed by atoms with Crippen molar-refractivity contribution in [1.29, 1.82) is 0 Å². The highest BCUT2D eigenvalue weighted by Crippen LogP contribution is 2.45. The number of anilines is 1. The van der Waals surface area contributed by atoms with Gasteiger partial charge in [-0.2, -0.15) is 0 Å². The van der Waals surface area contributed by atoms with Crippen molar-refractivity contribution in [2.24, 2.45) is 11.3 Å². The van der Waals surface area contributed by atoms with Gasteiger partial charge in [-0.1, -0.05) is 57.0 Å². The molecule has 0 aliphatic heterocycles. The number of carbonyl (C=O) groups is 3. The van der Waals surface area contributed by atoms with Crippen LogP contribution in [0.2, 0.25) is 0 Å². The number of aryl methyl sites for hydroxylation is 1. The molecule has 0 unspecified atom stereocenters. The first kappa shape index (κ1) is 26.3. The fraction of sp³-hybridized carbons (Fsp3) is 0.500. The van der Waals surface area contributed by atoms with Gasteiger partial charge in [0.05, 0.1) is 17.1 Å². The second-order valence-electron chi connectivity index (χ2n) is 9.59. The number of carboxylic acid groups (broad SMARTS) is 1. The molecule has 0 fully saturated rings. The Morgan fingerprint density at radius 2 is 1.88 bits per heavy atom. The van der Waals surface area contributed by atoms with Gasteiger partial charge < -0.3 is 15.7 Å². The lowest BCUT2D eigenvalue weighted by Gasteiger charge is -2.36. The molecule has 34 heavy (non-hydrogen) atoms. The zero-order valence-corrected chi connectivity index (χ0v) is 22.0. The number of rotatable bonds is 10. The lowest BCUT2D eigenvalue weighted by molar-refractivity contribution is -0.133. The maximum atomic E-state index is 13.3. The topological polar surface area (TPSA) is 95.5 Å². The van der Waals surface area contributed by atoms with Crippen LogP contribution in [0.4, 0.5) is 5.00 Å². The number of amides is 2. The smallest absolute Gasteiger partial charge is 0.313 e. The Morgan fingerprint density at radius 1 is 1.18 bits per heavy atom. The Labute approximate surface area is 209 Å². The predicted molar refractivity (Wildman–Crippen MR) is 140 cm³/mol. The van der Waals surface area contributed by atoms with E-state index in [0.717, 1.165) is 54.1 Å². The van der Waals surface area contributed by atoms with E-state index < -0.39 is 5.97 Å². The molecule has 1 aromatic carbocycles. The minimum absolute atomic E-state index is 0.0325. The highest BCUT2D eigenvalue weighted by molar-refractivity contribution is 8.00. The normalized spacial score (nSPS) is 15.5. The second-order valence-corrected chi connectivity index (χ2v) is 11.7. The zero-order chi connectivity index (χ0) is 24.9. The van der Waals surface area contributed by atoms with E-state index in [9.17, 15) is 14.4 Å². The third-order valence-corrected chi connectivity index (χ3v) is 8.88. The molecule has 3 rings (SSSR count). The number of fused-ring (bicyclic) bond motifs is 1. The summed E-state index contributed by atoms with van der Waals surface area (Å²) < 4.78 is 0. The third-order valence-electron chi connectivity index (χ3n) is 6.79. The highest BCUT2D eigenvalue weighted by Gasteiger charge is 2.35. The van der Waals surface area contributed by atoms with Crippen LogP contribution in [0.25, 0.3) is 0 Å². The average Bonchev–Trinajstić information content (AvgIpc) is 3.15. The van der Waals surface area contributed by atoms with Crippen molar-refractivity contribution in [2.75, 3.05) is 16.8 Å². The Bertz CT molecular complexity index is 1040. The van der Waals surface area contributed by atoms with Crippen LogP contribution in [-0.2, 0) is 29.0 Å². The van der Waals surface area contributed by atoms with Crippen LogP contribution in [0, 0.1) is 18.3 Å². The summed E-state index contributed by atoms with van der Waals surface area (Å²) in [6.45, 7) is 9.25. The van der Waals surface area contributed by atoms with Crippen molar-refractivity contribution in [1.82, 2.24) is 5.32 Å². The Kier molecular flexibility index (Phi) is 8.82. The maximum Gasteiger partial charge on any atom is 0.313 e. The zero-order valence-electron chi connectivity index (χ0n) is 20.3. The first-order chi connectivity index (χ1) is 16.1. The van der Waals surface area contributed by atoms with Crippen LogP contribution >= 0.6 is 23.1 Å². The highest BCUT2D eigenvalue weighted by atomic mass is 32.2. The van der Waals surface area contributed by atoms with Crippen molar-refractivity contribution in [3.63, 3.8) is 0 Å². The number of nitrogens with one attached hydrogen (secondary N) is 2. The number of benzene rings is 1. The number of aliphatic carboxylic acids is 1. The number of carbonyl (C=O) groups excluding carboxylic acids is 2. The van der Waals surface area contributed by atoms with Crippen molar-refractivity contribution in [2.45, 2.75) is 59.9 Å². The number of hydrogen-bond donors (Lipinski definition) is 3. The molecule has 0 spiro atoms. The monoisotopic (exact) mass is 502 g/mol. The van der Waals surface area contributed by atoms with Crippen LogP contribution in [0.15, 0.2) is 24.3 Å². The lowest BCUT2D eigenvalue weighted by atomic mass is 9.69. The molecule has 0 saturated heterocycles. The first-order valence-corrected chi connectivity index (χ1v) is 13.7. The van der Waals surface area contributed by atoms with Gasteiger partial charge >= 0.3 is 5.97 Å². The van der Waals surface area contributed by atoms with E-state index in [1.807, 2.05) is 31.2 Å². The van der Waals surface area contributed by atoms with Gasteiger partial charge in [0.1, 0.15) is 5.00 Å². The van der Waals surface area contributed by atoms with Crippen LogP contribution in [-0.4, -0.2) is 34.4 Å². The largest absolute Gasteiger partial charge is 0.481 e. The van der Waals surface area contributed by atoms with E-state index in [1.165, 1.54) is 16.2 Å². The SMILES string of the molecule is CCC(C)(C)[C@H]1CCc2c(sc(NC(=O)CSCC(=O)O)c2C(=O)NCc2ccc(C)cc2)C1. The van der Waals surface area contributed by atoms with E-state index in [1.54, 1.807) is 0 Å². The molecule has 1 aliphatic rings. The van der Waals surface area contributed by atoms with Crippen molar-refractivity contribution < 1.29 is 19.5 Å². The summed E-state index contributed by atoms with van der Waals surface area (Å²) in [6.07, 6.45) is 3.83. The molecule has 2 aromatic rings. The van der Waals surface area contributed by atoms with Crippen LogP contribution in [0.3, 0.4) is 0 Å². The molecular weight excluding hydrogens is 468 g/mol. The number of thiophene rings is 1. The van der Waals surface area contributed by atoms with Crippen molar-refractivity contribution >= 4 is 45.9 Å². The molecular formula is C26H34N2O4S2. The van der Waals surface area contributed by atoms with Gasteiger partial charge in [-0.25, -0.2) is 0 Å². The first-order valence-electron chi connectivity index (χ1n) is 11.7. The maximum absolute atomic E-state index is 13.3. The molecule has 6 nitrogen and oxygen atoms in total.